The number of nitrogen functional groups attached to an aromatic ring is 1. The molecule has 0 radical (unpaired) electrons. The monoisotopic (exact) mass is 329 g/mol. The van der Waals surface area contributed by atoms with Gasteiger partial charge in [0, 0.05) is 6.07 Å². The first-order valence-corrected chi connectivity index (χ1v) is 6.33. The van der Waals surface area contributed by atoms with Crippen molar-refractivity contribution in [1.82, 2.24) is 0 Å². The Hall–Kier alpha value is -1.26. The van der Waals surface area contributed by atoms with Crippen molar-refractivity contribution in [2.45, 2.75) is 6.92 Å². The Morgan fingerprint density at radius 2 is 2.00 bits per heavy atom. The molecule has 0 spiro atoms. The van der Waals surface area contributed by atoms with Crippen molar-refractivity contribution in [3.63, 3.8) is 0 Å². The predicted molar refractivity (Wildman–Crippen MR) is 74.8 cm³/mol. The lowest BCUT2D eigenvalue weighted by molar-refractivity contribution is 0.475. The van der Waals surface area contributed by atoms with Gasteiger partial charge in [0.25, 0.3) is 0 Å². The lowest BCUT2D eigenvalue weighted by Gasteiger charge is -2.12. The number of ether oxygens (including phenoxy) is 1. The Bertz CT molecular complexity index is 604. The minimum Gasteiger partial charge on any atom is -0.454 e. The summed E-state index contributed by atoms with van der Waals surface area (Å²) >= 11 is 8.93. The zero-order valence-corrected chi connectivity index (χ0v) is 11.8. The molecule has 0 aliphatic carbocycles. The Labute approximate surface area is 118 Å². The fourth-order valence-corrected chi connectivity index (χ4v) is 2.16. The van der Waals surface area contributed by atoms with Crippen molar-refractivity contribution in [1.29, 1.82) is 0 Å². The van der Waals surface area contributed by atoms with E-state index in [1.807, 2.05) is 19.1 Å². The third-order valence-electron chi connectivity index (χ3n) is 2.48. The number of rotatable bonds is 2. The Morgan fingerprint density at radius 1 is 1.28 bits per heavy atom. The molecule has 2 aromatic rings. The molecule has 0 saturated carbocycles. The van der Waals surface area contributed by atoms with Crippen molar-refractivity contribution in [3.05, 3.63) is 51.2 Å². The summed E-state index contributed by atoms with van der Waals surface area (Å²) in [6.07, 6.45) is 0. The van der Waals surface area contributed by atoms with Gasteiger partial charge >= 0.3 is 0 Å². The number of benzene rings is 2. The van der Waals surface area contributed by atoms with E-state index >= 15 is 0 Å². The zero-order chi connectivity index (χ0) is 13.3. The van der Waals surface area contributed by atoms with Crippen LogP contribution in [0.25, 0.3) is 0 Å². The van der Waals surface area contributed by atoms with Crippen LogP contribution < -0.4 is 10.5 Å². The summed E-state index contributed by atoms with van der Waals surface area (Å²) in [6.45, 7) is 1.87. The third kappa shape index (κ3) is 2.60. The van der Waals surface area contributed by atoms with Gasteiger partial charge < -0.3 is 10.5 Å². The molecule has 0 saturated heterocycles. The number of hydrogen-bond donors (Lipinski definition) is 1. The van der Waals surface area contributed by atoms with Crippen molar-refractivity contribution in [2.75, 3.05) is 5.73 Å². The summed E-state index contributed by atoms with van der Waals surface area (Å²) in [5.74, 6) is 0.271. The summed E-state index contributed by atoms with van der Waals surface area (Å²) in [5, 5.41) is 0.0337. The standard InChI is InChI=1S/C13H10BrClFNO/c1-7-3-2-4-11(13(7)17)18-12-6-10(16)9(15)5-8(12)14/h2-6H,17H2,1H3. The molecule has 0 unspecified atom stereocenters. The van der Waals surface area contributed by atoms with Gasteiger partial charge in [-0.15, -0.1) is 0 Å². The molecular formula is C13H10BrClFNO. The largest absolute Gasteiger partial charge is 0.454 e. The van der Waals surface area contributed by atoms with E-state index in [9.17, 15) is 4.39 Å². The lowest BCUT2D eigenvalue weighted by Crippen LogP contribution is -1.95. The smallest absolute Gasteiger partial charge is 0.150 e. The number of aryl methyl sites for hydroxylation is 1. The molecular weight excluding hydrogens is 321 g/mol. The molecule has 0 aliphatic heterocycles. The van der Waals surface area contributed by atoms with Crippen LogP contribution in [0.1, 0.15) is 5.56 Å². The van der Waals surface area contributed by atoms with E-state index in [4.69, 9.17) is 22.1 Å². The van der Waals surface area contributed by atoms with Crippen molar-refractivity contribution in [3.8, 4) is 11.5 Å². The molecule has 2 N–H and O–H groups in total. The average Bonchev–Trinajstić information content (AvgIpc) is 2.32. The van der Waals surface area contributed by atoms with Crippen LogP contribution in [0.3, 0.4) is 0 Å². The van der Waals surface area contributed by atoms with Crippen molar-refractivity contribution < 1.29 is 9.13 Å². The van der Waals surface area contributed by atoms with Crippen LogP contribution in [0, 0.1) is 12.7 Å². The van der Waals surface area contributed by atoms with E-state index in [1.165, 1.54) is 12.1 Å². The van der Waals surface area contributed by atoms with Gasteiger partial charge in [-0.1, -0.05) is 23.7 Å². The third-order valence-corrected chi connectivity index (χ3v) is 3.39. The average molecular weight is 331 g/mol. The second kappa shape index (κ2) is 5.16. The van der Waals surface area contributed by atoms with Crippen molar-refractivity contribution >= 4 is 33.2 Å². The molecule has 5 heteroatoms. The second-order valence-corrected chi connectivity index (χ2v) is 5.05. The first-order chi connectivity index (χ1) is 8.49. The first-order valence-electron chi connectivity index (χ1n) is 5.16. The first kappa shape index (κ1) is 13.2. The van der Waals surface area contributed by atoms with Gasteiger partial charge in [0.1, 0.15) is 11.6 Å². The van der Waals surface area contributed by atoms with Gasteiger partial charge in [-0.2, -0.15) is 0 Å². The number of anilines is 1. The van der Waals surface area contributed by atoms with Crippen LogP contribution in [0.2, 0.25) is 5.02 Å². The summed E-state index contributed by atoms with van der Waals surface area (Å²) in [5.41, 5.74) is 7.32. The number of halogens is 3. The molecule has 0 fully saturated rings. The van der Waals surface area contributed by atoms with E-state index in [2.05, 4.69) is 15.9 Å². The highest BCUT2D eigenvalue weighted by molar-refractivity contribution is 9.10. The maximum Gasteiger partial charge on any atom is 0.150 e. The molecule has 0 atom stereocenters. The predicted octanol–water partition coefficient (Wildman–Crippen LogP) is 4.92. The molecule has 2 aromatic carbocycles. The van der Waals surface area contributed by atoms with Gasteiger partial charge in [-0.3, -0.25) is 0 Å². The van der Waals surface area contributed by atoms with Crippen LogP contribution in [0.4, 0.5) is 10.1 Å². The molecule has 0 aromatic heterocycles. The van der Waals surface area contributed by atoms with Crippen LogP contribution in [-0.2, 0) is 0 Å². The molecule has 0 aliphatic rings. The van der Waals surface area contributed by atoms with E-state index < -0.39 is 5.82 Å². The Kier molecular flexibility index (Phi) is 3.78. The highest BCUT2D eigenvalue weighted by Gasteiger charge is 2.11. The fraction of sp³-hybridized carbons (Fsp3) is 0.0769. The zero-order valence-electron chi connectivity index (χ0n) is 9.51. The lowest BCUT2D eigenvalue weighted by atomic mass is 10.2. The number of nitrogens with two attached hydrogens (primary N) is 1. The van der Waals surface area contributed by atoms with Crippen LogP contribution in [0.5, 0.6) is 11.5 Å². The van der Waals surface area contributed by atoms with Gasteiger partial charge in [0.15, 0.2) is 5.75 Å². The van der Waals surface area contributed by atoms with Crippen LogP contribution in [0.15, 0.2) is 34.8 Å². The van der Waals surface area contributed by atoms with Gasteiger partial charge in [0.2, 0.25) is 0 Å². The molecule has 2 nitrogen and oxygen atoms in total. The summed E-state index contributed by atoms with van der Waals surface area (Å²) < 4.78 is 19.5. The summed E-state index contributed by atoms with van der Waals surface area (Å²) in [6, 6.07) is 8.08. The molecule has 18 heavy (non-hydrogen) atoms. The van der Waals surface area contributed by atoms with Crippen molar-refractivity contribution in [2.24, 2.45) is 0 Å². The topological polar surface area (TPSA) is 35.2 Å². The minimum atomic E-state index is -0.541. The second-order valence-electron chi connectivity index (χ2n) is 3.79. The number of hydrogen-bond acceptors (Lipinski definition) is 2. The normalized spacial score (nSPS) is 10.4. The van der Waals surface area contributed by atoms with Gasteiger partial charge in [0.05, 0.1) is 15.2 Å². The summed E-state index contributed by atoms with van der Waals surface area (Å²) in [4.78, 5) is 0. The number of para-hydroxylation sites is 1. The molecule has 94 valence electrons. The van der Waals surface area contributed by atoms with Crippen LogP contribution in [-0.4, -0.2) is 0 Å². The van der Waals surface area contributed by atoms with E-state index in [0.29, 0.717) is 21.7 Å². The fourth-order valence-electron chi connectivity index (χ4n) is 1.44. The van der Waals surface area contributed by atoms with E-state index in [1.54, 1.807) is 6.07 Å². The van der Waals surface area contributed by atoms with Gasteiger partial charge in [-0.25, -0.2) is 4.39 Å². The highest BCUT2D eigenvalue weighted by atomic mass is 79.9. The minimum absolute atomic E-state index is 0.0337. The Morgan fingerprint density at radius 3 is 2.72 bits per heavy atom. The molecule has 2 rings (SSSR count). The highest BCUT2D eigenvalue weighted by Crippen LogP contribution is 2.36. The quantitative estimate of drug-likeness (QED) is 0.626. The summed E-state index contributed by atoms with van der Waals surface area (Å²) in [7, 11) is 0. The van der Waals surface area contributed by atoms with E-state index in [0.717, 1.165) is 5.56 Å². The molecule has 0 heterocycles. The van der Waals surface area contributed by atoms with Crippen LogP contribution >= 0.6 is 27.5 Å². The molecule has 0 amide bonds. The molecule has 0 bridgehead atoms. The Balaban J connectivity index is 2.40. The van der Waals surface area contributed by atoms with Gasteiger partial charge in [-0.05, 0) is 40.5 Å². The maximum atomic E-state index is 13.4. The maximum absolute atomic E-state index is 13.4. The van der Waals surface area contributed by atoms with E-state index in [-0.39, 0.29) is 5.02 Å². The SMILES string of the molecule is Cc1cccc(Oc2cc(F)c(Cl)cc2Br)c1N.